The summed E-state index contributed by atoms with van der Waals surface area (Å²) in [7, 11) is 1.84. The molecule has 0 aliphatic heterocycles. The number of hydrogen-bond donors (Lipinski definition) is 2. The Hall–Kier alpha value is -3.26. The van der Waals surface area contributed by atoms with E-state index >= 15 is 0 Å². The fraction of sp³-hybridized carbons (Fsp3) is 0.0588. The Morgan fingerprint density at radius 2 is 1.96 bits per heavy atom. The van der Waals surface area contributed by atoms with Crippen LogP contribution in [0.5, 0.6) is 0 Å². The highest BCUT2D eigenvalue weighted by Crippen LogP contribution is 2.25. The zero-order valence-electron chi connectivity index (χ0n) is 13.3. The molecule has 0 bridgehead atoms. The largest absolute Gasteiger partial charge is 0.324 e. The number of thiazole rings is 1. The van der Waals surface area contributed by atoms with Gasteiger partial charge in [0.1, 0.15) is 9.88 Å². The predicted molar refractivity (Wildman–Crippen MR) is 96.3 cm³/mol. The van der Waals surface area contributed by atoms with Crippen LogP contribution in [0.1, 0.15) is 9.67 Å². The maximum Gasteiger partial charge on any atom is 0.269 e. The van der Waals surface area contributed by atoms with Crippen molar-refractivity contribution < 1.29 is 4.79 Å². The van der Waals surface area contributed by atoms with Crippen LogP contribution in [0.25, 0.3) is 21.8 Å². The fourth-order valence-electron chi connectivity index (χ4n) is 2.36. The molecule has 25 heavy (non-hydrogen) atoms. The van der Waals surface area contributed by atoms with Crippen molar-refractivity contribution in [3.8, 4) is 21.8 Å². The van der Waals surface area contributed by atoms with Crippen molar-refractivity contribution in [2.24, 2.45) is 7.05 Å². The molecule has 0 radical (unpaired) electrons. The van der Waals surface area contributed by atoms with Gasteiger partial charge in [-0.1, -0.05) is 30.3 Å². The molecule has 7 nitrogen and oxygen atoms in total. The Kier molecular flexibility index (Phi) is 3.87. The average molecular weight is 350 g/mol. The summed E-state index contributed by atoms with van der Waals surface area (Å²) in [6.45, 7) is 0. The maximum absolute atomic E-state index is 12.4. The summed E-state index contributed by atoms with van der Waals surface area (Å²) in [5, 5.41) is 7.63. The minimum atomic E-state index is -0.249. The summed E-state index contributed by atoms with van der Waals surface area (Å²) in [6, 6.07) is 9.80. The molecule has 1 aromatic carbocycles. The van der Waals surface area contributed by atoms with E-state index in [9.17, 15) is 4.79 Å². The highest BCUT2D eigenvalue weighted by Gasteiger charge is 2.14. The third kappa shape index (κ3) is 3.20. The van der Waals surface area contributed by atoms with Crippen LogP contribution in [0, 0.1) is 0 Å². The second-order valence-corrected chi connectivity index (χ2v) is 6.43. The molecule has 4 aromatic rings. The number of hydrogen-bond acceptors (Lipinski definition) is 5. The van der Waals surface area contributed by atoms with E-state index in [1.54, 1.807) is 23.3 Å². The number of imidazole rings is 1. The quantitative estimate of drug-likeness (QED) is 0.592. The molecule has 0 saturated heterocycles. The van der Waals surface area contributed by atoms with Crippen molar-refractivity contribution in [3.63, 3.8) is 0 Å². The number of H-pyrrole nitrogens is 1. The minimum Gasteiger partial charge on any atom is -0.324 e. The number of benzene rings is 1. The van der Waals surface area contributed by atoms with Gasteiger partial charge in [0.25, 0.3) is 5.91 Å². The molecule has 0 spiro atoms. The van der Waals surface area contributed by atoms with Crippen LogP contribution in [0.4, 0.5) is 5.95 Å². The number of nitrogens with zero attached hydrogens (tertiary/aromatic N) is 4. The second-order valence-electron chi connectivity index (χ2n) is 5.40. The smallest absolute Gasteiger partial charge is 0.269 e. The van der Waals surface area contributed by atoms with Crippen molar-refractivity contribution in [1.29, 1.82) is 0 Å². The highest BCUT2D eigenvalue weighted by atomic mass is 32.1. The molecule has 0 unspecified atom stereocenters. The number of amides is 1. The Morgan fingerprint density at radius 3 is 2.72 bits per heavy atom. The van der Waals surface area contributed by atoms with Gasteiger partial charge in [-0.2, -0.15) is 5.10 Å². The summed E-state index contributed by atoms with van der Waals surface area (Å²) >= 11 is 1.31. The van der Waals surface area contributed by atoms with Gasteiger partial charge in [-0.15, -0.1) is 11.3 Å². The van der Waals surface area contributed by atoms with E-state index < -0.39 is 0 Å². The standard InChI is InChI=1S/C17H14N6OS/c1-23-10-12(7-20-23)16-18-9-14(25-16)15(24)22-17-19-8-13(21-17)11-5-3-2-4-6-11/h2-10H,1H3,(H2,19,21,22,24). The topological polar surface area (TPSA) is 88.5 Å². The molecular weight excluding hydrogens is 336 g/mol. The van der Waals surface area contributed by atoms with Crippen molar-refractivity contribution in [2.75, 3.05) is 5.32 Å². The number of aryl methyl sites for hydroxylation is 1. The zero-order valence-corrected chi connectivity index (χ0v) is 14.1. The Labute approximate surface area is 147 Å². The highest BCUT2D eigenvalue weighted by molar-refractivity contribution is 7.17. The summed E-state index contributed by atoms with van der Waals surface area (Å²) < 4.78 is 1.70. The first kappa shape index (κ1) is 15.3. The van der Waals surface area contributed by atoms with Gasteiger partial charge in [0.15, 0.2) is 0 Å². The lowest BCUT2D eigenvalue weighted by Crippen LogP contribution is -2.11. The van der Waals surface area contributed by atoms with Crippen LogP contribution in [-0.4, -0.2) is 30.6 Å². The average Bonchev–Trinajstić information content (AvgIpc) is 3.35. The summed E-state index contributed by atoms with van der Waals surface area (Å²) in [6.07, 6.45) is 6.83. The predicted octanol–water partition coefficient (Wildman–Crippen LogP) is 3.19. The van der Waals surface area contributed by atoms with Crippen LogP contribution < -0.4 is 5.32 Å². The van der Waals surface area contributed by atoms with Gasteiger partial charge in [0, 0.05) is 18.8 Å². The van der Waals surface area contributed by atoms with E-state index in [2.05, 4.69) is 25.4 Å². The van der Waals surface area contributed by atoms with E-state index in [1.807, 2.05) is 43.6 Å². The number of aromatic amines is 1. The number of aromatic nitrogens is 5. The first-order chi connectivity index (χ1) is 12.2. The van der Waals surface area contributed by atoms with Crippen LogP contribution in [-0.2, 0) is 7.05 Å². The Balaban J connectivity index is 1.49. The summed E-state index contributed by atoms with van der Waals surface area (Å²) in [5.74, 6) is 0.154. The number of anilines is 1. The molecule has 3 heterocycles. The molecule has 0 fully saturated rings. The van der Waals surface area contributed by atoms with E-state index in [-0.39, 0.29) is 5.91 Å². The third-order valence-electron chi connectivity index (χ3n) is 3.57. The lowest BCUT2D eigenvalue weighted by molar-refractivity contribution is 0.102. The molecule has 1 amide bonds. The molecule has 0 atom stereocenters. The molecule has 2 N–H and O–H groups in total. The number of carbonyl (C=O) groups excluding carboxylic acids is 1. The number of carbonyl (C=O) groups is 1. The van der Waals surface area contributed by atoms with Gasteiger partial charge in [0.05, 0.1) is 24.3 Å². The Bertz CT molecular complexity index is 1020. The maximum atomic E-state index is 12.4. The van der Waals surface area contributed by atoms with Crippen LogP contribution in [0.2, 0.25) is 0 Å². The van der Waals surface area contributed by atoms with Crippen molar-refractivity contribution in [2.45, 2.75) is 0 Å². The van der Waals surface area contributed by atoms with Gasteiger partial charge in [-0.05, 0) is 5.56 Å². The van der Waals surface area contributed by atoms with Gasteiger partial charge < -0.3 is 4.98 Å². The van der Waals surface area contributed by atoms with E-state index in [4.69, 9.17) is 0 Å². The van der Waals surface area contributed by atoms with Crippen molar-refractivity contribution in [1.82, 2.24) is 24.7 Å². The van der Waals surface area contributed by atoms with Crippen LogP contribution in [0.15, 0.2) is 55.1 Å². The van der Waals surface area contributed by atoms with E-state index in [1.165, 1.54) is 11.3 Å². The third-order valence-corrected chi connectivity index (χ3v) is 4.62. The fourth-order valence-corrected chi connectivity index (χ4v) is 3.15. The van der Waals surface area contributed by atoms with Crippen molar-refractivity contribution in [3.05, 3.63) is 60.0 Å². The molecule has 0 aliphatic rings. The normalized spacial score (nSPS) is 10.8. The summed E-state index contributed by atoms with van der Waals surface area (Å²) in [4.78, 5) is 24.5. The Morgan fingerprint density at radius 1 is 1.12 bits per heavy atom. The first-order valence-corrected chi connectivity index (χ1v) is 8.37. The number of rotatable bonds is 4. The molecule has 124 valence electrons. The lowest BCUT2D eigenvalue weighted by Gasteiger charge is -1.99. The minimum absolute atomic E-state index is 0.249. The first-order valence-electron chi connectivity index (χ1n) is 7.55. The molecular formula is C17H14N6OS. The SMILES string of the molecule is Cn1cc(-c2ncc(C(=O)Nc3ncc(-c4ccccc4)[nH]3)s2)cn1. The van der Waals surface area contributed by atoms with Gasteiger partial charge >= 0.3 is 0 Å². The molecule has 8 heteroatoms. The molecule has 3 aromatic heterocycles. The number of nitrogens with one attached hydrogen (secondary N) is 2. The zero-order chi connectivity index (χ0) is 17.2. The van der Waals surface area contributed by atoms with E-state index in [0.717, 1.165) is 21.8 Å². The van der Waals surface area contributed by atoms with Gasteiger partial charge in [-0.3, -0.25) is 14.8 Å². The molecule has 0 aliphatic carbocycles. The van der Waals surface area contributed by atoms with Gasteiger partial charge in [0.2, 0.25) is 5.95 Å². The summed E-state index contributed by atoms with van der Waals surface area (Å²) in [5.41, 5.74) is 2.74. The van der Waals surface area contributed by atoms with Crippen LogP contribution in [0.3, 0.4) is 0 Å². The molecule has 4 rings (SSSR count). The monoisotopic (exact) mass is 350 g/mol. The second kappa shape index (κ2) is 6.33. The van der Waals surface area contributed by atoms with Gasteiger partial charge in [-0.25, -0.2) is 9.97 Å². The van der Waals surface area contributed by atoms with Crippen molar-refractivity contribution >= 4 is 23.2 Å². The van der Waals surface area contributed by atoms with E-state index in [0.29, 0.717) is 10.8 Å². The van der Waals surface area contributed by atoms with Crippen LogP contribution >= 0.6 is 11.3 Å². The molecule has 0 saturated carbocycles. The lowest BCUT2D eigenvalue weighted by atomic mass is 10.2.